The highest BCUT2D eigenvalue weighted by atomic mass is 19.2. The first kappa shape index (κ1) is 19.6. The minimum absolute atomic E-state index is 0.00669. The topological polar surface area (TPSA) is 53.6 Å². The van der Waals surface area contributed by atoms with Crippen LogP contribution < -0.4 is 5.66 Å². The van der Waals surface area contributed by atoms with Gasteiger partial charge in [-0.15, -0.1) is 0 Å². The Morgan fingerprint density at radius 2 is 1.70 bits per heavy atom. The summed E-state index contributed by atoms with van der Waals surface area (Å²) < 4.78 is 34.4. The maximum Gasteiger partial charge on any atom is 0.526 e. The number of aryl methyl sites for hydroxylation is 1. The Bertz CT molecular complexity index is 921. The monoisotopic (exact) mass is 372 g/mol. The third kappa shape index (κ3) is 4.39. The fraction of sp³-hybridized carbons (Fsp3) is 0.333. The Balaban J connectivity index is 1.82. The van der Waals surface area contributed by atoms with Gasteiger partial charge < -0.3 is 14.5 Å². The minimum atomic E-state index is -1.72. The van der Waals surface area contributed by atoms with Crippen molar-refractivity contribution < 1.29 is 23.2 Å². The second kappa shape index (κ2) is 8.68. The summed E-state index contributed by atoms with van der Waals surface area (Å²) in [5, 5.41) is 19.0. The van der Waals surface area contributed by atoms with Gasteiger partial charge in [-0.25, -0.2) is 8.78 Å². The van der Waals surface area contributed by atoms with Crippen LogP contribution in [0.15, 0.2) is 40.8 Å². The van der Waals surface area contributed by atoms with Crippen LogP contribution in [0.25, 0.3) is 22.1 Å². The highest BCUT2D eigenvalue weighted by molar-refractivity contribution is 6.57. The van der Waals surface area contributed by atoms with Gasteiger partial charge in [-0.2, -0.15) is 0 Å². The summed E-state index contributed by atoms with van der Waals surface area (Å²) in [6.07, 6.45) is 5.84. The van der Waals surface area contributed by atoms with E-state index in [0.29, 0.717) is 28.5 Å². The molecule has 0 fully saturated rings. The normalized spacial score (nSPS) is 11.3. The van der Waals surface area contributed by atoms with Crippen molar-refractivity contribution in [3.63, 3.8) is 0 Å². The van der Waals surface area contributed by atoms with Gasteiger partial charge in [0.05, 0.1) is 0 Å². The van der Waals surface area contributed by atoms with Crippen LogP contribution in [0.4, 0.5) is 8.78 Å². The van der Waals surface area contributed by atoms with Crippen molar-refractivity contribution in [1.29, 1.82) is 0 Å². The lowest BCUT2D eigenvalue weighted by molar-refractivity contribution is 0.412. The average molecular weight is 372 g/mol. The first-order chi connectivity index (χ1) is 13.0. The lowest BCUT2D eigenvalue weighted by Gasteiger charge is -2.09. The zero-order valence-corrected chi connectivity index (χ0v) is 15.3. The molecule has 0 atom stereocenters. The standard InChI is InChI=1S/C21H23BF2O3/c1-2-3-4-5-6-7-14-8-10-17(21(24)20(14)23)15-9-11-18-16(12-15)13-19(27-18)22(25)26/h8-13,25-26H,2-7H2,1H3. The molecule has 27 heavy (non-hydrogen) atoms. The second-order valence-corrected chi connectivity index (χ2v) is 6.84. The Morgan fingerprint density at radius 1 is 0.926 bits per heavy atom. The molecule has 0 unspecified atom stereocenters. The molecular formula is C21H23BF2O3. The molecule has 142 valence electrons. The molecule has 2 aromatic carbocycles. The Labute approximate surface area is 157 Å². The van der Waals surface area contributed by atoms with E-state index < -0.39 is 18.8 Å². The fourth-order valence-corrected chi connectivity index (χ4v) is 3.28. The summed E-state index contributed by atoms with van der Waals surface area (Å²) in [6.45, 7) is 2.14. The van der Waals surface area contributed by atoms with E-state index in [4.69, 9.17) is 4.42 Å². The van der Waals surface area contributed by atoms with Gasteiger partial charge in [-0.3, -0.25) is 0 Å². The molecule has 3 aromatic rings. The molecule has 0 saturated carbocycles. The number of fused-ring (bicyclic) bond motifs is 1. The lowest BCUT2D eigenvalue weighted by atomic mass is 9.88. The lowest BCUT2D eigenvalue weighted by Crippen LogP contribution is -2.27. The molecule has 3 nitrogen and oxygen atoms in total. The van der Waals surface area contributed by atoms with Gasteiger partial charge in [0.1, 0.15) is 11.2 Å². The summed E-state index contributed by atoms with van der Waals surface area (Å²) in [4.78, 5) is 0. The largest absolute Gasteiger partial charge is 0.526 e. The third-order valence-corrected chi connectivity index (χ3v) is 4.81. The van der Waals surface area contributed by atoms with E-state index in [-0.39, 0.29) is 11.2 Å². The van der Waals surface area contributed by atoms with Crippen LogP contribution in [0.3, 0.4) is 0 Å². The van der Waals surface area contributed by atoms with Crippen LogP contribution in [0.2, 0.25) is 0 Å². The van der Waals surface area contributed by atoms with Gasteiger partial charge in [0.2, 0.25) is 0 Å². The zero-order valence-electron chi connectivity index (χ0n) is 15.3. The average Bonchev–Trinajstić information content (AvgIpc) is 3.08. The van der Waals surface area contributed by atoms with Crippen molar-refractivity contribution in [2.45, 2.75) is 45.4 Å². The highest BCUT2D eigenvalue weighted by Crippen LogP contribution is 2.29. The van der Waals surface area contributed by atoms with Crippen LogP contribution in [0.1, 0.15) is 44.6 Å². The molecule has 0 saturated heterocycles. The van der Waals surface area contributed by atoms with Gasteiger partial charge in [0, 0.05) is 10.9 Å². The highest BCUT2D eigenvalue weighted by Gasteiger charge is 2.19. The predicted molar refractivity (Wildman–Crippen MR) is 104 cm³/mol. The Hall–Kier alpha value is -2.18. The summed E-state index contributed by atoms with van der Waals surface area (Å²) >= 11 is 0. The molecule has 0 radical (unpaired) electrons. The molecule has 6 heteroatoms. The van der Waals surface area contributed by atoms with Gasteiger partial charge in [-0.05, 0) is 42.2 Å². The van der Waals surface area contributed by atoms with Gasteiger partial charge >= 0.3 is 7.12 Å². The summed E-state index contributed by atoms with van der Waals surface area (Å²) in [6, 6.07) is 9.60. The molecule has 0 bridgehead atoms. The van der Waals surface area contributed by atoms with Crippen molar-refractivity contribution in [2.24, 2.45) is 0 Å². The van der Waals surface area contributed by atoms with Crippen molar-refractivity contribution >= 4 is 23.7 Å². The van der Waals surface area contributed by atoms with E-state index in [1.165, 1.54) is 12.5 Å². The number of unbranched alkanes of at least 4 members (excludes halogenated alkanes) is 4. The molecule has 0 amide bonds. The van der Waals surface area contributed by atoms with E-state index in [1.807, 2.05) is 0 Å². The molecule has 0 spiro atoms. The maximum atomic E-state index is 14.6. The van der Waals surface area contributed by atoms with Crippen LogP contribution in [0, 0.1) is 11.6 Å². The fourth-order valence-electron chi connectivity index (χ4n) is 3.28. The number of hydrogen-bond acceptors (Lipinski definition) is 3. The van der Waals surface area contributed by atoms with Crippen LogP contribution in [0.5, 0.6) is 0 Å². The van der Waals surface area contributed by atoms with E-state index in [2.05, 4.69) is 6.92 Å². The van der Waals surface area contributed by atoms with E-state index in [9.17, 15) is 18.8 Å². The number of hydrogen-bond donors (Lipinski definition) is 2. The summed E-state index contributed by atoms with van der Waals surface area (Å²) in [5.41, 5.74) is 1.55. The zero-order chi connectivity index (χ0) is 19.4. The predicted octanol–water partition coefficient (Wildman–Crippen LogP) is 4.57. The molecular weight excluding hydrogens is 349 g/mol. The smallest absolute Gasteiger partial charge is 0.465 e. The van der Waals surface area contributed by atoms with Crippen LogP contribution in [-0.4, -0.2) is 17.2 Å². The Morgan fingerprint density at radius 3 is 2.44 bits per heavy atom. The quantitative estimate of drug-likeness (QED) is 0.450. The number of rotatable bonds is 8. The summed E-state index contributed by atoms with van der Waals surface area (Å²) in [5.74, 6) is -1.65. The van der Waals surface area contributed by atoms with Gasteiger partial charge in [-0.1, -0.05) is 50.8 Å². The van der Waals surface area contributed by atoms with Crippen molar-refractivity contribution in [1.82, 2.24) is 0 Å². The van der Waals surface area contributed by atoms with E-state index >= 15 is 0 Å². The Kier molecular flexibility index (Phi) is 6.29. The van der Waals surface area contributed by atoms with E-state index in [1.54, 1.807) is 30.3 Å². The van der Waals surface area contributed by atoms with Crippen molar-refractivity contribution in [3.8, 4) is 11.1 Å². The number of furan rings is 1. The molecule has 2 N–H and O–H groups in total. The maximum absolute atomic E-state index is 14.6. The molecule has 0 aliphatic heterocycles. The van der Waals surface area contributed by atoms with Crippen LogP contribution in [-0.2, 0) is 6.42 Å². The SMILES string of the molecule is CCCCCCCc1ccc(-c2ccc3oc(B(O)O)cc3c2)c(F)c1F. The van der Waals surface area contributed by atoms with E-state index in [0.717, 1.165) is 25.7 Å². The molecule has 0 aliphatic carbocycles. The first-order valence-corrected chi connectivity index (χ1v) is 9.38. The number of benzene rings is 2. The second-order valence-electron chi connectivity index (χ2n) is 6.84. The summed E-state index contributed by atoms with van der Waals surface area (Å²) in [7, 11) is -1.72. The molecule has 0 aliphatic rings. The van der Waals surface area contributed by atoms with Gasteiger partial charge in [0.25, 0.3) is 0 Å². The molecule has 1 aromatic heterocycles. The molecule has 1 heterocycles. The van der Waals surface area contributed by atoms with Crippen molar-refractivity contribution in [2.75, 3.05) is 0 Å². The minimum Gasteiger partial charge on any atom is -0.465 e. The molecule has 3 rings (SSSR count). The third-order valence-electron chi connectivity index (χ3n) is 4.81. The van der Waals surface area contributed by atoms with Crippen LogP contribution >= 0.6 is 0 Å². The number of halogens is 2. The van der Waals surface area contributed by atoms with Crippen molar-refractivity contribution in [3.05, 3.63) is 53.6 Å². The van der Waals surface area contributed by atoms with Gasteiger partial charge in [0.15, 0.2) is 11.6 Å². The first-order valence-electron chi connectivity index (χ1n) is 9.38.